The summed E-state index contributed by atoms with van der Waals surface area (Å²) in [5, 5.41) is 16.9. The molecule has 0 saturated carbocycles. The van der Waals surface area contributed by atoms with Crippen molar-refractivity contribution in [2.75, 3.05) is 38.3 Å². The van der Waals surface area contributed by atoms with Gasteiger partial charge in [0.25, 0.3) is 0 Å². The van der Waals surface area contributed by atoms with Crippen LogP contribution in [-0.4, -0.2) is 75.2 Å². The zero-order valence-corrected chi connectivity index (χ0v) is 30.2. The van der Waals surface area contributed by atoms with Crippen molar-refractivity contribution < 1.29 is 23.7 Å². The molecule has 1 aromatic carbocycles. The predicted molar refractivity (Wildman–Crippen MR) is 189 cm³/mol. The molecule has 3 aliphatic heterocycles. The summed E-state index contributed by atoms with van der Waals surface area (Å²) in [6.07, 6.45) is 7.39. The first-order valence-corrected chi connectivity index (χ1v) is 17.5. The molecule has 0 radical (unpaired) electrons. The molecule has 3 aliphatic rings. The van der Waals surface area contributed by atoms with Crippen LogP contribution in [0.4, 0.5) is 10.6 Å². The Kier molecular flexibility index (Phi) is 8.95. The number of halogens is 2. The van der Waals surface area contributed by atoms with Gasteiger partial charge in [-0.1, -0.05) is 23.2 Å². The summed E-state index contributed by atoms with van der Waals surface area (Å²) in [4.78, 5) is 25.5. The Bertz CT molecular complexity index is 1970. The van der Waals surface area contributed by atoms with E-state index in [-0.39, 0.29) is 17.9 Å². The highest BCUT2D eigenvalue weighted by atomic mass is 35.5. The summed E-state index contributed by atoms with van der Waals surface area (Å²) < 4.78 is 25.9. The maximum absolute atomic E-state index is 12.8. The minimum absolute atomic E-state index is 0.264. The number of pyridine rings is 2. The first kappa shape index (κ1) is 34.2. The molecule has 262 valence electrons. The number of ether oxygens (including phenoxy) is 4. The highest BCUT2D eigenvalue weighted by molar-refractivity contribution is 6.35. The Morgan fingerprint density at radius 1 is 1.12 bits per heavy atom. The minimum atomic E-state index is -0.569. The number of methoxy groups -OCH3 is 1. The molecule has 0 bridgehead atoms. The third-order valence-corrected chi connectivity index (χ3v) is 10.1. The molecule has 4 aromatic rings. The zero-order valence-electron chi connectivity index (χ0n) is 28.7. The number of fused-ring (bicyclic) bond motifs is 1. The monoisotopic (exact) mass is 719 g/mol. The van der Waals surface area contributed by atoms with Gasteiger partial charge in [-0.2, -0.15) is 10.4 Å². The van der Waals surface area contributed by atoms with Gasteiger partial charge in [-0.05, 0) is 65.5 Å². The van der Waals surface area contributed by atoms with Gasteiger partial charge in [0.15, 0.2) is 17.7 Å². The smallest absolute Gasteiger partial charge is 0.410 e. The third-order valence-electron chi connectivity index (χ3n) is 9.54. The fraction of sp³-hybridized carbons (Fsp3) is 0.472. The third kappa shape index (κ3) is 6.16. The topological polar surface area (TPSA) is 128 Å². The number of carbonyl (C=O) groups is 1. The fourth-order valence-corrected chi connectivity index (χ4v) is 7.68. The van der Waals surface area contributed by atoms with Crippen molar-refractivity contribution >= 4 is 46.0 Å². The van der Waals surface area contributed by atoms with Gasteiger partial charge >= 0.3 is 6.09 Å². The summed E-state index contributed by atoms with van der Waals surface area (Å²) in [6, 6.07) is 7.94. The first-order chi connectivity index (χ1) is 23.9. The molecule has 3 fully saturated rings. The molecule has 1 unspecified atom stereocenters. The molecular formula is C36H39Cl2N7O5. The lowest BCUT2D eigenvalue weighted by Gasteiger charge is -2.62. The Labute approximate surface area is 300 Å². The van der Waals surface area contributed by atoms with E-state index in [1.807, 2.05) is 55.5 Å². The number of hydrogen-bond donors (Lipinski definition) is 0. The minimum Gasteiger partial charge on any atom is -0.493 e. The van der Waals surface area contributed by atoms with Crippen LogP contribution < -0.4 is 14.4 Å². The van der Waals surface area contributed by atoms with Gasteiger partial charge in [0.05, 0.1) is 33.8 Å². The number of nitriles is 1. The number of likely N-dealkylation sites (tertiary alicyclic amines) is 1. The SMILES string of the molecule is COc1cc2c(cc1O[C@H](C)c1c(Cl)cncc1Cl)c(-c1cnc(N3CC4(CCN4C(=O)OC(C)(C)C)C3)c(C#N)c1)nn2C1CCCCO1. The average molecular weight is 721 g/mol. The van der Waals surface area contributed by atoms with Crippen LogP contribution in [0.2, 0.25) is 10.0 Å². The van der Waals surface area contributed by atoms with Crippen LogP contribution in [0.25, 0.3) is 22.2 Å². The van der Waals surface area contributed by atoms with Crippen molar-refractivity contribution in [3.05, 3.63) is 58.0 Å². The van der Waals surface area contributed by atoms with Gasteiger partial charge in [-0.25, -0.2) is 14.5 Å². The zero-order chi connectivity index (χ0) is 35.4. The second kappa shape index (κ2) is 13.1. The Morgan fingerprint density at radius 3 is 2.50 bits per heavy atom. The lowest BCUT2D eigenvalue weighted by molar-refractivity contribution is -0.0562. The molecule has 7 rings (SSSR count). The molecule has 12 nitrogen and oxygen atoms in total. The van der Waals surface area contributed by atoms with Crippen molar-refractivity contribution in [3.8, 4) is 28.8 Å². The van der Waals surface area contributed by atoms with Gasteiger partial charge in [0.1, 0.15) is 29.3 Å². The van der Waals surface area contributed by atoms with Crippen molar-refractivity contribution in [2.24, 2.45) is 0 Å². The maximum atomic E-state index is 12.8. The lowest BCUT2D eigenvalue weighted by Crippen LogP contribution is -2.78. The van der Waals surface area contributed by atoms with Crippen LogP contribution in [0.15, 0.2) is 36.8 Å². The number of rotatable bonds is 7. The molecule has 6 heterocycles. The van der Waals surface area contributed by atoms with E-state index in [4.69, 9.17) is 52.2 Å². The van der Waals surface area contributed by atoms with Crippen molar-refractivity contribution in [3.63, 3.8) is 0 Å². The van der Waals surface area contributed by atoms with E-state index in [0.29, 0.717) is 76.0 Å². The van der Waals surface area contributed by atoms with E-state index in [1.165, 1.54) is 12.4 Å². The molecule has 0 N–H and O–H groups in total. The number of benzene rings is 1. The number of amides is 1. The highest BCUT2D eigenvalue weighted by Crippen LogP contribution is 2.45. The summed E-state index contributed by atoms with van der Waals surface area (Å²) in [7, 11) is 1.59. The summed E-state index contributed by atoms with van der Waals surface area (Å²) >= 11 is 12.9. The van der Waals surface area contributed by atoms with Gasteiger partial charge in [0.2, 0.25) is 0 Å². The van der Waals surface area contributed by atoms with Crippen molar-refractivity contribution in [1.29, 1.82) is 5.26 Å². The fourth-order valence-electron chi connectivity index (χ4n) is 7.01. The molecule has 3 saturated heterocycles. The van der Waals surface area contributed by atoms with Gasteiger partial charge in [-0.3, -0.25) is 9.88 Å². The highest BCUT2D eigenvalue weighted by Gasteiger charge is 2.57. The Hall–Kier alpha value is -4.31. The van der Waals surface area contributed by atoms with Crippen molar-refractivity contribution in [1.82, 2.24) is 24.6 Å². The van der Waals surface area contributed by atoms with E-state index in [2.05, 4.69) is 11.1 Å². The number of carbonyl (C=O) groups excluding carboxylic acids is 1. The quantitative estimate of drug-likeness (QED) is 0.187. The number of anilines is 1. The second-order valence-corrected chi connectivity index (χ2v) is 14.9. The van der Waals surface area contributed by atoms with Crippen LogP contribution in [0, 0.1) is 11.3 Å². The van der Waals surface area contributed by atoms with E-state index < -0.39 is 11.7 Å². The average Bonchev–Trinajstić information content (AvgIpc) is 3.41. The molecule has 0 aliphatic carbocycles. The second-order valence-electron chi connectivity index (χ2n) is 14.1. The largest absolute Gasteiger partial charge is 0.493 e. The van der Waals surface area contributed by atoms with E-state index in [9.17, 15) is 10.1 Å². The summed E-state index contributed by atoms with van der Waals surface area (Å²) in [5.74, 6) is 1.54. The van der Waals surface area contributed by atoms with Crippen LogP contribution in [-0.2, 0) is 9.47 Å². The Morgan fingerprint density at radius 2 is 1.88 bits per heavy atom. The standard InChI is InChI=1S/C36H39Cl2N7O5/c1-21(31-25(37)17-40-18-26(31)38)49-29-13-24-27(14-28(29)47-5)45(30-8-6-7-11-48-30)42-32(24)23-12-22(15-39)33(41-16-23)43-19-36(20-43)9-10-44(36)34(46)50-35(2,3)4/h12-14,16-18,21,30H,6-11,19-20H2,1-5H3/t21-,30?/m1/s1. The molecular weight excluding hydrogens is 681 g/mol. The molecule has 14 heteroatoms. The van der Waals surface area contributed by atoms with Gasteiger partial charge < -0.3 is 23.8 Å². The van der Waals surface area contributed by atoms with E-state index >= 15 is 0 Å². The lowest BCUT2D eigenvalue weighted by atomic mass is 9.77. The van der Waals surface area contributed by atoms with E-state index in [1.54, 1.807) is 18.2 Å². The van der Waals surface area contributed by atoms with Crippen LogP contribution in [0.1, 0.15) is 76.8 Å². The van der Waals surface area contributed by atoms with Gasteiger partial charge in [-0.15, -0.1) is 0 Å². The first-order valence-electron chi connectivity index (χ1n) is 16.7. The van der Waals surface area contributed by atoms with Crippen LogP contribution in [0.3, 0.4) is 0 Å². The molecule has 2 atom stereocenters. The summed E-state index contributed by atoms with van der Waals surface area (Å²) in [6.45, 7) is 9.90. The number of aromatic nitrogens is 4. The molecule has 50 heavy (non-hydrogen) atoms. The molecule has 1 spiro atoms. The Balaban J connectivity index is 1.23. The van der Waals surface area contributed by atoms with E-state index in [0.717, 1.165) is 36.6 Å². The van der Waals surface area contributed by atoms with Gasteiger partial charge in [0, 0.05) is 67.4 Å². The van der Waals surface area contributed by atoms with Crippen LogP contribution in [0.5, 0.6) is 11.5 Å². The molecule has 1 amide bonds. The number of hydrogen-bond acceptors (Lipinski definition) is 10. The summed E-state index contributed by atoms with van der Waals surface area (Å²) in [5.41, 5.74) is 2.24. The van der Waals surface area contributed by atoms with Crippen LogP contribution >= 0.6 is 23.2 Å². The normalized spacial score (nSPS) is 19.0. The predicted octanol–water partition coefficient (Wildman–Crippen LogP) is 7.72. The van der Waals surface area contributed by atoms with Crippen molar-refractivity contribution in [2.45, 2.75) is 76.9 Å². The molecule has 3 aromatic heterocycles. The number of nitrogens with zero attached hydrogens (tertiary/aromatic N) is 7. The maximum Gasteiger partial charge on any atom is 0.410 e.